The van der Waals surface area contributed by atoms with Crippen molar-refractivity contribution >= 4 is 23.6 Å². The maximum Gasteiger partial charge on any atom is 0.573 e. The van der Waals surface area contributed by atoms with Crippen LogP contribution in [0.4, 0.5) is 23.7 Å². The van der Waals surface area contributed by atoms with Gasteiger partial charge in [0.2, 0.25) is 0 Å². The monoisotopic (exact) mass is 640 g/mol. The average Bonchev–Trinajstić information content (AvgIpc) is 3.31. The van der Waals surface area contributed by atoms with Crippen molar-refractivity contribution in [2.24, 2.45) is 0 Å². The first-order chi connectivity index (χ1) is 22.0. The number of ether oxygens (including phenoxy) is 2. The summed E-state index contributed by atoms with van der Waals surface area (Å²) in [5, 5.41) is 12.2. The number of rotatable bonds is 10. The van der Waals surface area contributed by atoms with Crippen molar-refractivity contribution < 1.29 is 42.1 Å². The van der Waals surface area contributed by atoms with E-state index in [9.17, 15) is 32.7 Å². The highest BCUT2D eigenvalue weighted by atomic mass is 19.4. The van der Waals surface area contributed by atoms with Crippen LogP contribution in [0.2, 0.25) is 0 Å². The third kappa shape index (κ3) is 7.77. The van der Waals surface area contributed by atoms with E-state index in [4.69, 9.17) is 0 Å². The number of nitrogens with zero attached hydrogens (tertiary/aromatic N) is 3. The van der Waals surface area contributed by atoms with Gasteiger partial charge in [-0.3, -0.25) is 14.6 Å². The van der Waals surface area contributed by atoms with Gasteiger partial charge in [0.15, 0.2) is 6.10 Å². The van der Waals surface area contributed by atoms with Gasteiger partial charge in [-0.25, -0.2) is 9.59 Å². The van der Waals surface area contributed by atoms with Crippen LogP contribution in [0.1, 0.15) is 34.3 Å². The number of nitrogens with one attached hydrogen (secondary N) is 1. The van der Waals surface area contributed by atoms with Crippen molar-refractivity contribution in [2.75, 3.05) is 38.2 Å². The van der Waals surface area contributed by atoms with Gasteiger partial charge in [-0.2, -0.15) is 0 Å². The highest BCUT2D eigenvalue weighted by Gasteiger charge is 2.51. The summed E-state index contributed by atoms with van der Waals surface area (Å²) in [6, 6.07) is 21.8. The molecule has 0 radical (unpaired) electrons. The first-order valence-electron chi connectivity index (χ1n) is 14.8. The molecule has 46 heavy (non-hydrogen) atoms. The molecule has 3 aromatic carbocycles. The number of piperidine rings is 1. The number of carbonyl (C=O) groups is 3. The van der Waals surface area contributed by atoms with Crippen LogP contribution in [0.15, 0.2) is 78.9 Å². The number of likely N-dealkylation sites (tertiary alicyclic amines) is 1. The Kier molecular flexibility index (Phi) is 9.82. The van der Waals surface area contributed by atoms with E-state index in [2.05, 4.69) is 31.8 Å². The molecule has 244 valence electrons. The van der Waals surface area contributed by atoms with Gasteiger partial charge >= 0.3 is 18.4 Å². The van der Waals surface area contributed by atoms with Gasteiger partial charge in [0.25, 0.3) is 5.91 Å². The van der Waals surface area contributed by atoms with Gasteiger partial charge in [-0.05, 0) is 60.4 Å². The number of anilines is 1. The second-order valence-electron chi connectivity index (χ2n) is 11.4. The molecule has 5 rings (SSSR count). The third-order valence-corrected chi connectivity index (χ3v) is 8.39. The molecule has 0 unspecified atom stereocenters. The van der Waals surface area contributed by atoms with Gasteiger partial charge in [0.1, 0.15) is 5.75 Å². The van der Waals surface area contributed by atoms with Crippen LogP contribution < -0.4 is 15.0 Å². The zero-order valence-electron chi connectivity index (χ0n) is 25.2. The van der Waals surface area contributed by atoms with E-state index in [-0.39, 0.29) is 24.9 Å². The number of amides is 3. The van der Waals surface area contributed by atoms with Gasteiger partial charge in [-0.1, -0.05) is 42.5 Å². The van der Waals surface area contributed by atoms with E-state index in [0.717, 1.165) is 32.3 Å². The summed E-state index contributed by atoms with van der Waals surface area (Å²) in [5.74, 6) is -1.71. The molecule has 2 saturated heterocycles. The largest absolute Gasteiger partial charge is 0.573 e. The quantitative estimate of drug-likeness (QED) is 0.318. The Balaban J connectivity index is 1.32. The summed E-state index contributed by atoms with van der Waals surface area (Å²) in [6.45, 7) is 2.61. The lowest BCUT2D eigenvalue weighted by atomic mass is 9.86. The van der Waals surface area contributed by atoms with Crippen molar-refractivity contribution in [3.63, 3.8) is 0 Å². The molecular weight excluding hydrogens is 605 g/mol. The van der Waals surface area contributed by atoms with E-state index < -0.39 is 29.9 Å². The predicted molar refractivity (Wildman–Crippen MR) is 162 cm³/mol. The molecule has 2 aliphatic heterocycles. The number of carbonyl (C=O) groups excluding carboxylic acids is 3. The lowest BCUT2D eigenvalue weighted by molar-refractivity contribution is -0.274. The van der Waals surface area contributed by atoms with Crippen LogP contribution in [-0.2, 0) is 22.6 Å². The first kappa shape index (κ1) is 32.8. The fourth-order valence-corrected chi connectivity index (χ4v) is 5.91. The molecule has 10 nitrogen and oxygen atoms in total. The topological polar surface area (TPSA) is 112 Å². The van der Waals surface area contributed by atoms with Crippen molar-refractivity contribution in [3.8, 4) is 5.75 Å². The molecule has 2 heterocycles. The minimum atomic E-state index is -4.82. The van der Waals surface area contributed by atoms with Gasteiger partial charge in [0.05, 0.1) is 25.7 Å². The number of aliphatic hydroxyl groups excluding tert-OH is 1. The Morgan fingerprint density at radius 1 is 0.935 bits per heavy atom. The van der Waals surface area contributed by atoms with Crippen molar-refractivity contribution in [1.29, 1.82) is 0 Å². The van der Waals surface area contributed by atoms with Crippen LogP contribution in [0, 0.1) is 0 Å². The maximum absolute atomic E-state index is 14.0. The summed E-state index contributed by atoms with van der Waals surface area (Å²) in [4.78, 5) is 43.7. The number of aliphatic hydroxyl groups is 1. The summed E-state index contributed by atoms with van der Waals surface area (Å²) >= 11 is 0. The van der Waals surface area contributed by atoms with E-state index in [1.54, 1.807) is 29.2 Å². The van der Waals surface area contributed by atoms with E-state index in [1.807, 2.05) is 23.1 Å². The molecule has 1 spiro atoms. The van der Waals surface area contributed by atoms with Crippen LogP contribution in [-0.4, -0.2) is 84.1 Å². The Labute approximate surface area is 264 Å². The van der Waals surface area contributed by atoms with Crippen molar-refractivity contribution in [2.45, 2.75) is 43.9 Å². The zero-order chi connectivity index (χ0) is 32.9. The molecule has 0 bridgehead atoms. The first-order valence-corrected chi connectivity index (χ1v) is 14.8. The van der Waals surface area contributed by atoms with E-state index >= 15 is 0 Å². The molecule has 2 aliphatic rings. The number of alkyl halides is 3. The lowest BCUT2D eigenvalue weighted by Gasteiger charge is -2.44. The highest BCUT2D eigenvalue weighted by Crippen LogP contribution is 2.40. The van der Waals surface area contributed by atoms with Crippen LogP contribution in [0.25, 0.3) is 0 Å². The minimum Gasteiger partial charge on any atom is -0.467 e. The molecule has 1 atom stereocenters. The highest BCUT2D eigenvalue weighted by molar-refractivity contribution is 5.96. The molecule has 3 amide bonds. The Hall–Kier alpha value is -4.62. The number of urea groups is 1. The summed E-state index contributed by atoms with van der Waals surface area (Å²) in [5.41, 5.74) is 2.23. The summed E-state index contributed by atoms with van der Waals surface area (Å²) in [7, 11) is 1.14. The Morgan fingerprint density at radius 3 is 2.17 bits per heavy atom. The summed E-state index contributed by atoms with van der Waals surface area (Å²) < 4.78 is 46.6. The lowest BCUT2D eigenvalue weighted by Crippen LogP contribution is -2.54. The molecule has 2 fully saturated rings. The minimum absolute atomic E-state index is 0.256. The van der Waals surface area contributed by atoms with Crippen LogP contribution in [0.3, 0.4) is 0 Å². The van der Waals surface area contributed by atoms with Crippen molar-refractivity contribution in [3.05, 3.63) is 95.6 Å². The van der Waals surface area contributed by atoms with Crippen LogP contribution in [0.5, 0.6) is 5.75 Å². The van der Waals surface area contributed by atoms with Gasteiger partial charge < -0.3 is 24.8 Å². The fourth-order valence-electron chi connectivity index (χ4n) is 5.91. The number of halogens is 3. The number of hydrogen-bond donors (Lipinski definition) is 2. The molecular formula is C33H35F3N4O6. The van der Waals surface area contributed by atoms with Gasteiger partial charge in [-0.15, -0.1) is 13.2 Å². The maximum atomic E-state index is 14.0. The molecule has 0 aliphatic carbocycles. The number of methoxy groups -OCH3 is 1. The number of benzene rings is 3. The molecule has 3 aromatic rings. The predicted octanol–water partition coefficient (Wildman–Crippen LogP) is 4.33. The number of esters is 1. The normalized spacial score (nSPS) is 17.2. The van der Waals surface area contributed by atoms with E-state index in [1.165, 1.54) is 29.8 Å². The number of hydrogen-bond acceptors (Lipinski definition) is 7. The standard InChI is InChI=1S/C33H35F3N4O6/c1-45-30(43)28(41)19-37-29(42)25-9-7-24(8-10-25)21-40-31(44)39(26-11-13-27(14-12-26)46-33(34,35)36)22-32(40)15-17-38(18-16-32)20-23-5-3-2-4-6-23/h2-14,28,41H,15-22H2,1H3,(H,37,42)/t28-/m1/s1. The second kappa shape index (κ2) is 13.8. The SMILES string of the molecule is COC(=O)[C@H](O)CNC(=O)c1ccc(CN2C(=O)N(c3ccc(OC(F)(F)F)cc3)CC23CCN(Cc2ccccc2)CC3)cc1. The zero-order valence-corrected chi connectivity index (χ0v) is 25.2. The van der Waals surface area contributed by atoms with Crippen molar-refractivity contribution in [1.82, 2.24) is 15.1 Å². The Morgan fingerprint density at radius 2 is 1.57 bits per heavy atom. The molecule has 0 aromatic heterocycles. The summed E-state index contributed by atoms with van der Waals surface area (Å²) in [6.07, 6.45) is -4.91. The second-order valence-corrected chi connectivity index (χ2v) is 11.4. The fraction of sp³-hybridized carbons (Fsp3) is 0.364. The third-order valence-electron chi connectivity index (χ3n) is 8.39. The van der Waals surface area contributed by atoms with Gasteiger partial charge in [0, 0.05) is 37.4 Å². The average molecular weight is 641 g/mol. The smallest absolute Gasteiger partial charge is 0.467 e. The van der Waals surface area contributed by atoms with Crippen LogP contribution >= 0.6 is 0 Å². The molecule has 2 N–H and O–H groups in total. The Bertz CT molecular complexity index is 1510. The molecule has 13 heteroatoms. The molecule has 0 saturated carbocycles. The van der Waals surface area contributed by atoms with E-state index in [0.29, 0.717) is 30.6 Å².